The SMILES string of the molecule is CC/C=C\C/C=C\C/C=C\C/C=C\C/C=C\C/C=C\CCC(=O)O[C@H]1C(=O)[C@@]2(C)[C@H]([C@H](OC(C)=O)[C@]3(O)C[C@H](OC[C@H](O)[C@H](C)NC(=O)OC(C)(C)C)C(C)=C1C3(C)C)[C@]1(O)CO[C@@H]1C[C@@H]2O. The fourth-order valence-electron chi connectivity index (χ4n) is 9.91. The molecule has 0 aromatic heterocycles. The lowest BCUT2D eigenvalue weighted by molar-refractivity contribution is -0.345. The molecule has 1 heterocycles. The molecule has 2 bridgehead atoms. The van der Waals surface area contributed by atoms with Gasteiger partial charge < -0.3 is 49.4 Å². The van der Waals surface area contributed by atoms with Crippen LogP contribution in [-0.4, -0.2) is 117 Å². The monoisotopic (exact) mass is 938 g/mol. The van der Waals surface area contributed by atoms with Crippen LogP contribution in [0.3, 0.4) is 0 Å². The second-order valence-electron chi connectivity index (χ2n) is 20.2. The number of Topliss-reactive ketones (excluding diaryl/α,β-unsaturated/α-hetero) is 1. The number of aliphatic hydroxyl groups is 4. The van der Waals surface area contributed by atoms with E-state index in [2.05, 4.69) is 66.9 Å². The summed E-state index contributed by atoms with van der Waals surface area (Å²) in [7, 11) is 0. The summed E-state index contributed by atoms with van der Waals surface area (Å²) in [4.78, 5) is 54.7. The standard InChI is InChI=1S/C53H79NO13/c1-11-12-13-14-15-16-17-18-19-20-21-22-23-24-25-26-27-28-29-30-42(58)66-44-43-35(2)39(63-33-38(56)36(3)54-48(60)67-49(5,6)7)32-53(62,50(43,8)9)47(65-37(4)55)45-51(10,46(44)59)40(57)31-41-52(45,61)34-64-41/h12-13,15-16,18-19,21-22,24-25,27-28,36,38-41,44-45,47,56-57,61-62H,11,14,17,20,23,26,29-34H2,1-10H3,(H,54,60)/b13-12-,16-15-,19-18-,22-21-,25-24-,28-27-/t36-,38-,39-,40-,41+,44+,45-,47-,51+,52-,53+/m0/s1. The fourth-order valence-corrected chi connectivity index (χ4v) is 9.91. The maximum Gasteiger partial charge on any atom is 0.407 e. The van der Waals surface area contributed by atoms with Crippen molar-refractivity contribution in [3.63, 3.8) is 0 Å². The number of ketones is 1. The minimum Gasteiger partial charge on any atom is -0.459 e. The summed E-state index contributed by atoms with van der Waals surface area (Å²) in [5, 5.41) is 51.3. The maximum absolute atomic E-state index is 15.4. The molecule has 0 aromatic rings. The van der Waals surface area contributed by atoms with Crippen LogP contribution >= 0.6 is 0 Å². The highest BCUT2D eigenvalue weighted by Crippen LogP contribution is 2.63. The van der Waals surface area contributed by atoms with Gasteiger partial charge in [-0.05, 0) is 97.6 Å². The van der Waals surface area contributed by atoms with Crippen LogP contribution in [0.1, 0.15) is 133 Å². The number of fused-ring (bicyclic) bond motifs is 5. The Balaban J connectivity index is 1.54. The van der Waals surface area contributed by atoms with Crippen molar-refractivity contribution in [1.82, 2.24) is 5.32 Å². The van der Waals surface area contributed by atoms with E-state index in [1.54, 1.807) is 48.5 Å². The van der Waals surface area contributed by atoms with Crippen molar-refractivity contribution in [2.75, 3.05) is 13.2 Å². The number of rotatable bonds is 21. The summed E-state index contributed by atoms with van der Waals surface area (Å²) in [6.07, 6.45) is 21.5. The third kappa shape index (κ3) is 13.3. The van der Waals surface area contributed by atoms with E-state index < -0.39 is 100 Å². The van der Waals surface area contributed by atoms with E-state index >= 15 is 4.79 Å². The van der Waals surface area contributed by atoms with Crippen LogP contribution in [0.5, 0.6) is 0 Å². The van der Waals surface area contributed by atoms with E-state index in [0.29, 0.717) is 18.4 Å². The third-order valence-electron chi connectivity index (χ3n) is 13.8. The third-order valence-corrected chi connectivity index (χ3v) is 13.8. The van der Waals surface area contributed by atoms with Gasteiger partial charge in [-0.2, -0.15) is 0 Å². The highest BCUT2D eigenvalue weighted by molar-refractivity contribution is 5.95. The number of carbonyl (C=O) groups is 4. The van der Waals surface area contributed by atoms with Crippen LogP contribution in [0.25, 0.3) is 0 Å². The minimum atomic E-state index is -2.13. The molecule has 3 aliphatic carbocycles. The predicted molar refractivity (Wildman–Crippen MR) is 255 cm³/mol. The molecule has 1 saturated heterocycles. The molecule has 2 saturated carbocycles. The average molecular weight is 938 g/mol. The van der Waals surface area contributed by atoms with Crippen LogP contribution in [0.4, 0.5) is 4.79 Å². The number of carbonyl (C=O) groups excluding carboxylic acids is 4. The van der Waals surface area contributed by atoms with Crippen LogP contribution < -0.4 is 5.32 Å². The van der Waals surface area contributed by atoms with Crippen molar-refractivity contribution in [3.8, 4) is 0 Å². The number of alkyl carbamates (subject to hydrolysis) is 1. The van der Waals surface area contributed by atoms with E-state index in [9.17, 15) is 34.8 Å². The van der Waals surface area contributed by atoms with Gasteiger partial charge in [-0.15, -0.1) is 0 Å². The number of aliphatic hydroxyl groups excluding tert-OH is 2. The van der Waals surface area contributed by atoms with Crippen LogP contribution in [0.15, 0.2) is 84.1 Å². The van der Waals surface area contributed by atoms with E-state index in [4.69, 9.17) is 23.7 Å². The highest BCUT2D eigenvalue weighted by atomic mass is 16.6. The lowest BCUT2D eigenvalue weighted by atomic mass is 9.44. The van der Waals surface area contributed by atoms with Gasteiger partial charge in [0.15, 0.2) is 11.9 Å². The summed E-state index contributed by atoms with van der Waals surface area (Å²) in [6.45, 7) is 15.8. The van der Waals surface area contributed by atoms with Gasteiger partial charge in [0.25, 0.3) is 0 Å². The smallest absolute Gasteiger partial charge is 0.407 e. The Morgan fingerprint density at radius 1 is 0.881 bits per heavy atom. The van der Waals surface area contributed by atoms with Crippen molar-refractivity contribution in [3.05, 3.63) is 84.1 Å². The molecule has 11 atom stereocenters. The Hall–Kier alpha value is -4.18. The van der Waals surface area contributed by atoms with Gasteiger partial charge in [0.05, 0.1) is 49.1 Å². The number of hydrogen-bond donors (Lipinski definition) is 5. The van der Waals surface area contributed by atoms with Gasteiger partial charge in [0, 0.05) is 37.5 Å². The zero-order chi connectivity index (χ0) is 49.8. The number of allylic oxidation sites excluding steroid dienone is 12. The van der Waals surface area contributed by atoms with Gasteiger partial charge in [-0.25, -0.2) is 4.79 Å². The number of amides is 1. The average Bonchev–Trinajstić information content (AvgIpc) is 3.23. The first-order chi connectivity index (χ1) is 31.5. The van der Waals surface area contributed by atoms with Crippen molar-refractivity contribution < 1.29 is 63.3 Å². The largest absolute Gasteiger partial charge is 0.459 e. The van der Waals surface area contributed by atoms with Crippen molar-refractivity contribution in [1.29, 1.82) is 0 Å². The van der Waals surface area contributed by atoms with Crippen molar-refractivity contribution >= 4 is 23.8 Å². The topological polar surface area (TPSA) is 207 Å². The van der Waals surface area contributed by atoms with Gasteiger partial charge in [0.2, 0.25) is 0 Å². The molecule has 0 spiro atoms. The molecule has 3 fully saturated rings. The normalized spacial score (nSPS) is 31.8. The van der Waals surface area contributed by atoms with E-state index in [0.717, 1.165) is 39.0 Å². The van der Waals surface area contributed by atoms with Crippen LogP contribution in [0.2, 0.25) is 0 Å². The molecule has 1 aliphatic heterocycles. The summed E-state index contributed by atoms with van der Waals surface area (Å²) < 4.78 is 29.5. The number of ether oxygens (including phenoxy) is 5. The Morgan fingerprint density at radius 2 is 1.42 bits per heavy atom. The maximum atomic E-state index is 15.4. The molecule has 4 aliphatic rings. The number of esters is 2. The Kier molecular flexibility index (Phi) is 19.8. The molecule has 14 heteroatoms. The van der Waals surface area contributed by atoms with Crippen molar-refractivity contribution in [2.24, 2.45) is 16.7 Å². The van der Waals surface area contributed by atoms with Crippen LogP contribution in [-0.2, 0) is 38.1 Å². The lowest BCUT2D eigenvalue weighted by Gasteiger charge is -2.67. The van der Waals surface area contributed by atoms with Gasteiger partial charge in [-0.3, -0.25) is 14.4 Å². The molecule has 5 N–H and O–H groups in total. The number of nitrogens with one attached hydrogen (secondary N) is 1. The number of hydrogen-bond acceptors (Lipinski definition) is 13. The molecule has 0 aromatic carbocycles. The molecule has 0 unspecified atom stereocenters. The molecule has 67 heavy (non-hydrogen) atoms. The first-order valence-electron chi connectivity index (χ1n) is 24.0. The van der Waals surface area contributed by atoms with E-state index in [1.165, 1.54) is 6.92 Å². The molecule has 4 rings (SSSR count). The zero-order valence-corrected chi connectivity index (χ0v) is 41.5. The fraction of sp³-hybridized carbons (Fsp3) is 0.660. The van der Waals surface area contributed by atoms with Gasteiger partial charge in [0.1, 0.15) is 22.9 Å². The van der Waals surface area contributed by atoms with Crippen LogP contribution in [0, 0.1) is 16.7 Å². The Morgan fingerprint density at radius 3 is 1.91 bits per heavy atom. The Labute approximate surface area is 398 Å². The highest BCUT2D eigenvalue weighted by Gasteiger charge is 2.76. The molecule has 374 valence electrons. The molecule has 1 amide bonds. The summed E-state index contributed by atoms with van der Waals surface area (Å²) in [5.41, 5.74) is -7.51. The minimum absolute atomic E-state index is 0.0871. The van der Waals surface area contributed by atoms with Crippen molar-refractivity contribution in [2.45, 2.75) is 193 Å². The quantitative estimate of drug-likeness (QED) is 0.0429. The molecule has 14 nitrogen and oxygen atoms in total. The zero-order valence-electron chi connectivity index (χ0n) is 41.5. The van der Waals surface area contributed by atoms with E-state index in [1.807, 2.05) is 18.2 Å². The summed E-state index contributed by atoms with van der Waals surface area (Å²) >= 11 is 0. The predicted octanol–water partition coefficient (Wildman–Crippen LogP) is 7.54. The lowest BCUT2D eigenvalue weighted by Crippen LogP contribution is -2.81. The molecular formula is C53H79NO13. The second kappa shape index (κ2) is 23.9. The summed E-state index contributed by atoms with van der Waals surface area (Å²) in [6, 6.07) is -0.837. The molecule has 0 radical (unpaired) electrons. The molecular weight excluding hydrogens is 859 g/mol. The first-order valence-corrected chi connectivity index (χ1v) is 24.0. The summed E-state index contributed by atoms with van der Waals surface area (Å²) in [5.74, 6) is -3.66. The van der Waals surface area contributed by atoms with Gasteiger partial charge >= 0.3 is 18.0 Å². The first kappa shape index (κ1) is 55.4. The van der Waals surface area contributed by atoms with Gasteiger partial charge in [-0.1, -0.05) is 93.7 Å². The second-order valence-corrected chi connectivity index (χ2v) is 20.2. The van der Waals surface area contributed by atoms with E-state index in [-0.39, 0.29) is 38.0 Å². The Bertz CT molecular complexity index is 1940.